The number of anilines is 1. The molecule has 0 unspecified atom stereocenters. The van der Waals surface area contributed by atoms with Crippen LogP contribution in [0.2, 0.25) is 0 Å². The third kappa shape index (κ3) is 4.59. The number of hydrogen-bond acceptors (Lipinski definition) is 7. The summed E-state index contributed by atoms with van der Waals surface area (Å²) < 4.78 is 22.4. The van der Waals surface area contributed by atoms with Gasteiger partial charge in [-0.25, -0.2) is 4.39 Å². The van der Waals surface area contributed by atoms with Crippen molar-refractivity contribution in [2.24, 2.45) is 0 Å². The first-order chi connectivity index (χ1) is 17.0. The van der Waals surface area contributed by atoms with Gasteiger partial charge in [0.05, 0.1) is 24.2 Å². The molecule has 0 bridgehead atoms. The molecule has 3 heterocycles. The number of amides is 1. The van der Waals surface area contributed by atoms with Crippen LogP contribution in [-0.2, 0) is 4.79 Å². The summed E-state index contributed by atoms with van der Waals surface area (Å²) in [4.78, 5) is 29.5. The summed E-state index contributed by atoms with van der Waals surface area (Å²) in [6, 6.07) is 13.8. The third-order valence-corrected chi connectivity index (χ3v) is 6.85. The van der Waals surface area contributed by atoms with Gasteiger partial charge in [0, 0.05) is 44.6 Å². The number of thioether (sulfide) groups is 1. The van der Waals surface area contributed by atoms with Gasteiger partial charge in [-0.15, -0.1) is 10.2 Å². The molecule has 0 atom stereocenters. The van der Waals surface area contributed by atoms with Crippen LogP contribution >= 0.6 is 11.8 Å². The van der Waals surface area contributed by atoms with E-state index in [-0.39, 0.29) is 28.7 Å². The number of halogens is 1. The Morgan fingerprint density at radius 3 is 2.63 bits per heavy atom. The van der Waals surface area contributed by atoms with Gasteiger partial charge >= 0.3 is 5.56 Å². The Bertz CT molecular complexity index is 1430. The van der Waals surface area contributed by atoms with Crippen LogP contribution in [0, 0.1) is 5.82 Å². The van der Waals surface area contributed by atoms with E-state index in [0.29, 0.717) is 48.5 Å². The topological polar surface area (TPSA) is 85.0 Å². The molecule has 1 fully saturated rings. The lowest BCUT2D eigenvalue weighted by molar-refractivity contribution is -0.128. The second-order valence-electron chi connectivity index (χ2n) is 7.96. The van der Waals surface area contributed by atoms with Crippen LogP contribution < -0.4 is 15.2 Å². The number of hydrogen-bond donors (Lipinski definition) is 0. The molecule has 35 heavy (non-hydrogen) atoms. The number of methoxy groups -OCH3 is 1. The predicted molar refractivity (Wildman–Crippen MR) is 131 cm³/mol. The zero-order valence-corrected chi connectivity index (χ0v) is 19.8. The highest BCUT2D eigenvalue weighted by Gasteiger charge is 2.23. The highest BCUT2D eigenvalue weighted by molar-refractivity contribution is 7.99. The lowest BCUT2D eigenvalue weighted by Crippen LogP contribution is -2.49. The zero-order valence-electron chi connectivity index (χ0n) is 19.0. The first-order valence-corrected chi connectivity index (χ1v) is 12.0. The average molecular weight is 495 g/mol. The normalized spacial score (nSPS) is 13.9. The standard InChI is InChI=1S/C24H23FN6O3S/c1-34-18-6-4-5-17(15-18)30-13-14-31-22(23(30)33)26-27-24(31)35-16-21(32)29-11-9-28(10-12-29)20-8-3-2-7-19(20)25/h2-8,13-15H,9-12,16H2,1H3. The van der Waals surface area contributed by atoms with Gasteiger partial charge in [-0.2, -0.15) is 0 Å². The van der Waals surface area contributed by atoms with E-state index in [4.69, 9.17) is 4.74 Å². The van der Waals surface area contributed by atoms with Crippen LogP contribution in [0.15, 0.2) is 70.9 Å². The number of aromatic nitrogens is 4. The van der Waals surface area contributed by atoms with Crippen LogP contribution in [0.3, 0.4) is 0 Å². The summed E-state index contributed by atoms with van der Waals surface area (Å²) in [6.07, 6.45) is 3.34. The SMILES string of the molecule is COc1cccc(-n2ccn3c(SCC(=O)N4CCN(c5ccccc5F)CC4)nnc3c2=O)c1. The van der Waals surface area contributed by atoms with Crippen molar-refractivity contribution in [2.45, 2.75) is 5.16 Å². The molecule has 9 nitrogen and oxygen atoms in total. The molecule has 0 N–H and O–H groups in total. The molecule has 0 spiro atoms. The summed E-state index contributed by atoms with van der Waals surface area (Å²) >= 11 is 1.23. The Morgan fingerprint density at radius 1 is 1.06 bits per heavy atom. The maximum atomic E-state index is 14.0. The smallest absolute Gasteiger partial charge is 0.300 e. The van der Waals surface area contributed by atoms with E-state index in [9.17, 15) is 14.0 Å². The fraction of sp³-hybridized carbons (Fsp3) is 0.250. The third-order valence-electron chi connectivity index (χ3n) is 5.92. The molecule has 1 amide bonds. The number of carbonyl (C=O) groups is 1. The number of nitrogens with zero attached hydrogens (tertiary/aromatic N) is 6. The molecule has 4 aromatic rings. The van der Waals surface area contributed by atoms with Crippen LogP contribution in [0.25, 0.3) is 11.3 Å². The molecule has 1 aliphatic rings. The molecule has 0 aliphatic carbocycles. The predicted octanol–water partition coefficient (Wildman–Crippen LogP) is 2.47. The fourth-order valence-electron chi connectivity index (χ4n) is 4.05. The summed E-state index contributed by atoms with van der Waals surface area (Å²) in [6.45, 7) is 2.16. The van der Waals surface area contributed by atoms with E-state index >= 15 is 0 Å². The molecular formula is C24H23FN6O3S. The van der Waals surface area contributed by atoms with Crippen molar-refractivity contribution in [1.29, 1.82) is 0 Å². The van der Waals surface area contributed by atoms with E-state index in [1.807, 2.05) is 4.90 Å². The minimum Gasteiger partial charge on any atom is -0.497 e. The molecule has 2 aromatic carbocycles. The van der Waals surface area contributed by atoms with Crippen molar-refractivity contribution >= 4 is 29.0 Å². The minimum atomic E-state index is -0.323. The first kappa shape index (κ1) is 22.9. The van der Waals surface area contributed by atoms with Crippen molar-refractivity contribution in [3.05, 3.63) is 77.1 Å². The molecule has 2 aromatic heterocycles. The van der Waals surface area contributed by atoms with Crippen LogP contribution in [0.4, 0.5) is 10.1 Å². The Morgan fingerprint density at radius 2 is 1.86 bits per heavy atom. The monoisotopic (exact) mass is 494 g/mol. The van der Waals surface area contributed by atoms with Gasteiger partial charge in [0.2, 0.25) is 11.6 Å². The second kappa shape index (κ2) is 9.79. The molecular weight excluding hydrogens is 471 g/mol. The summed E-state index contributed by atoms with van der Waals surface area (Å²) in [5, 5.41) is 8.64. The quantitative estimate of drug-likeness (QED) is 0.381. The van der Waals surface area contributed by atoms with Crippen molar-refractivity contribution < 1.29 is 13.9 Å². The Labute approximate surface area is 204 Å². The highest BCUT2D eigenvalue weighted by atomic mass is 32.2. The van der Waals surface area contributed by atoms with E-state index in [2.05, 4.69) is 10.2 Å². The molecule has 5 rings (SSSR count). The molecule has 180 valence electrons. The first-order valence-electron chi connectivity index (χ1n) is 11.1. The second-order valence-corrected chi connectivity index (χ2v) is 8.90. The van der Waals surface area contributed by atoms with E-state index in [1.54, 1.807) is 71.3 Å². The maximum Gasteiger partial charge on any atom is 0.300 e. The van der Waals surface area contributed by atoms with Gasteiger partial charge in [-0.1, -0.05) is 30.0 Å². The van der Waals surface area contributed by atoms with Crippen LogP contribution in [0.5, 0.6) is 5.75 Å². The average Bonchev–Trinajstić information content (AvgIpc) is 3.32. The van der Waals surface area contributed by atoms with Gasteiger partial charge in [0.25, 0.3) is 0 Å². The van der Waals surface area contributed by atoms with Gasteiger partial charge < -0.3 is 14.5 Å². The highest BCUT2D eigenvalue weighted by Crippen LogP contribution is 2.22. The van der Waals surface area contributed by atoms with Gasteiger partial charge in [0.15, 0.2) is 5.16 Å². The number of carbonyl (C=O) groups excluding carboxylic acids is 1. The number of piperazine rings is 1. The number of fused-ring (bicyclic) bond motifs is 1. The van der Waals surface area contributed by atoms with Crippen molar-refractivity contribution in [2.75, 3.05) is 43.9 Å². The lowest BCUT2D eigenvalue weighted by atomic mass is 10.2. The zero-order chi connectivity index (χ0) is 24.4. The molecule has 11 heteroatoms. The van der Waals surface area contributed by atoms with E-state index in [0.717, 1.165) is 0 Å². The number of para-hydroxylation sites is 1. The van der Waals surface area contributed by atoms with Crippen molar-refractivity contribution in [1.82, 2.24) is 24.1 Å². The fourth-order valence-corrected chi connectivity index (χ4v) is 4.87. The van der Waals surface area contributed by atoms with Crippen LogP contribution in [0.1, 0.15) is 0 Å². The Balaban J connectivity index is 1.24. The summed E-state index contributed by atoms with van der Waals surface area (Å²) in [7, 11) is 1.57. The molecule has 1 saturated heterocycles. The van der Waals surface area contributed by atoms with Gasteiger partial charge in [0.1, 0.15) is 11.6 Å². The summed E-state index contributed by atoms with van der Waals surface area (Å²) in [5.74, 6) is 0.510. The van der Waals surface area contributed by atoms with Crippen molar-refractivity contribution in [3.63, 3.8) is 0 Å². The Kier molecular flexibility index (Phi) is 6.41. The Hall–Kier alpha value is -3.86. The maximum absolute atomic E-state index is 14.0. The van der Waals surface area contributed by atoms with Crippen LogP contribution in [-0.4, -0.2) is 69.0 Å². The lowest BCUT2D eigenvalue weighted by Gasteiger charge is -2.36. The number of rotatable bonds is 6. The largest absolute Gasteiger partial charge is 0.497 e. The van der Waals surface area contributed by atoms with Gasteiger partial charge in [-0.05, 0) is 24.3 Å². The molecule has 0 saturated carbocycles. The summed E-state index contributed by atoms with van der Waals surface area (Å²) in [5.41, 5.74) is 1.06. The molecule has 1 aliphatic heterocycles. The van der Waals surface area contributed by atoms with E-state index < -0.39 is 0 Å². The minimum absolute atomic E-state index is 0.0374. The molecule has 0 radical (unpaired) electrons. The van der Waals surface area contributed by atoms with E-state index in [1.165, 1.54) is 22.4 Å². The number of benzene rings is 2. The number of ether oxygens (including phenoxy) is 1. The van der Waals surface area contributed by atoms with Crippen molar-refractivity contribution in [3.8, 4) is 11.4 Å². The van der Waals surface area contributed by atoms with Gasteiger partial charge in [-0.3, -0.25) is 18.6 Å².